The Balaban J connectivity index is 2.21. The molecule has 0 spiro atoms. The average Bonchev–Trinajstić information content (AvgIpc) is 2.79. The number of aliphatic carboxylic acids is 1. The van der Waals surface area contributed by atoms with Gasteiger partial charge in [0.2, 0.25) is 0 Å². The number of hydrogen-bond donors (Lipinski definition) is 1. The van der Waals surface area contributed by atoms with Gasteiger partial charge in [0.15, 0.2) is 9.84 Å². The van der Waals surface area contributed by atoms with Gasteiger partial charge >= 0.3 is 5.97 Å². The van der Waals surface area contributed by atoms with E-state index in [9.17, 15) is 23.1 Å². The van der Waals surface area contributed by atoms with Crippen LogP contribution in [0.25, 0.3) is 0 Å². The summed E-state index contributed by atoms with van der Waals surface area (Å²) in [6.07, 6.45) is -2.26. The summed E-state index contributed by atoms with van der Waals surface area (Å²) in [7, 11) is -3.52. The molecule has 1 amide bonds. The molecule has 1 N–H and O–H groups in total. The van der Waals surface area contributed by atoms with Crippen LogP contribution in [-0.2, 0) is 24.2 Å². The van der Waals surface area contributed by atoms with Gasteiger partial charge in [0, 0.05) is 16.1 Å². The Morgan fingerprint density at radius 3 is 2.29 bits per heavy atom. The number of amides is 1. The highest BCUT2D eigenvalue weighted by Crippen LogP contribution is 2.44. The summed E-state index contributed by atoms with van der Waals surface area (Å²) < 4.78 is 31.9. The van der Waals surface area contributed by atoms with Crippen LogP contribution in [0.2, 0.25) is 10.0 Å². The monoisotopic (exact) mass is 541 g/mol. The van der Waals surface area contributed by atoms with Crippen molar-refractivity contribution in [1.29, 1.82) is 0 Å². The third-order valence-corrected chi connectivity index (χ3v) is 8.96. The van der Waals surface area contributed by atoms with Crippen molar-refractivity contribution in [2.75, 3.05) is 5.75 Å². The number of ether oxygens (including phenoxy) is 1. The number of carboxylic acids is 1. The molecule has 0 bridgehead atoms. The zero-order valence-corrected chi connectivity index (χ0v) is 22.1. The highest BCUT2D eigenvalue weighted by molar-refractivity contribution is 7.92. The highest BCUT2D eigenvalue weighted by atomic mass is 35.5. The first-order valence-electron chi connectivity index (χ1n) is 11.4. The number of morpholine rings is 1. The first kappa shape index (κ1) is 27.5. The smallest absolute Gasteiger partial charge is 0.306 e. The summed E-state index contributed by atoms with van der Waals surface area (Å²) in [5, 5.41) is 9.79. The molecule has 190 valence electrons. The summed E-state index contributed by atoms with van der Waals surface area (Å²) in [6, 6.07) is 12.4. The van der Waals surface area contributed by atoms with Crippen molar-refractivity contribution in [3.8, 4) is 0 Å². The number of carbonyl (C=O) groups excluding carboxylic acids is 1. The van der Waals surface area contributed by atoms with Gasteiger partial charge < -0.3 is 14.7 Å². The standard InChI is InChI=1S/C25H29Cl2NO6S/c1-4-20(14-35(32,33)15(2)3)28-23(16-8-10-18(26)11-9-16)24(17-6-5-7-19(27)12-17)34-21(25(28)31)13-22(29)30/h5-12,15,20-21,23-24H,4,13-14H2,1-3H3,(H,29,30)/t20?,21-,23?,24?/m0/s1. The minimum absolute atomic E-state index is 0.251. The van der Waals surface area contributed by atoms with Crippen LogP contribution in [0, 0.1) is 0 Å². The molecule has 3 rings (SSSR count). The number of sulfone groups is 1. The van der Waals surface area contributed by atoms with Crippen LogP contribution in [0.1, 0.15) is 56.9 Å². The summed E-state index contributed by atoms with van der Waals surface area (Å²) >= 11 is 12.4. The van der Waals surface area contributed by atoms with Gasteiger partial charge in [-0.2, -0.15) is 0 Å². The van der Waals surface area contributed by atoms with Gasteiger partial charge in [0.05, 0.1) is 23.5 Å². The van der Waals surface area contributed by atoms with Crippen molar-refractivity contribution in [2.45, 2.75) is 63.2 Å². The van der Waals surface area contributed by atoms with Crippen molar-refractivity contribution < 1.29 is 27.9 Å². The minimum Gasteiger partial charge on any atom is -0.481 e. The molecule has 2 aromatic rings. The molecule has 35 heavy (non-hydrogen) atoms. The molecule has 1 saturated heterocycles. The Morgan fingerprint density at radius 2 is 1.74 bits per heavy atom. The van der Waals surface area contributed by atoms with E-state index < -0.39 is 57.7 Å². The summed E-state index contributed by atoms with van der Waals surface area (Å²) in [4.78, 5) is 26.8. The fraction of sp³-hybridized carbons (Fsp3) is 0.440. The van der Waals surface area contributed by atoms with Crippen LogP contribution in [-0.4, -0.2) is 53.4 Å². The topological polar surface area (TPSA) is 101 Å². The van der Waals surface area contributed by atoms with Crippen LogP contribution in [0.4, 0.5) is 0 Å². The molecule has 0 saturated carbocycles. The van der Waals surface area contributed by atoms with Gasteiger partial charge in [0.25, 0.3) is 5.91 Å². The van der Waals surface area contributed by atoms with E-state index in [1.807, 2.05) is 6.92 Å². The second-order valence-corrected chi connectivity index (χ2v) is 12.4. The molecule has 4 atom stereocenters. The van der Waals surface area contributed by atoms with Crippen LogP contribution in [0.3, 0.4) is 0 Å². The van der Waals surface area contributed by atoms with E-state index in [0.717, 1.165) is 0 Å². The maximum atomic E-state index is 13.7. The lowest BCUT2D eigenvalue weighted by molar-refractivity contribution is -0.182. The normalized spacial score (nSPS) is 21.8. The molecule has 7 nitrogen and oxygen atoms in total. The van der Waals surface area contributed by atoms with Crippen molar-refractivity contribution in [3.63, 3.8) is 0 Å². The zero-order chi connectivity index (χ0) is 25.9. The lowest BCUT2D eigenvalue weighted by Gasteiger charge is -2.48. The molecular weight excluding hydrogens is 513 g/mol. The maximum absolute atomic E-state index is 13.7. The highest BCUT2D eigenvalue weighted by Gasteiger charge is 2.47. The fourth-order valence-electron chi connectivity index (χ4n) is 4.26. The lowest BCUT2D eigenvalue weighted by atomic mass is 9.89. The number of hydrogen-bond acceptors (Lipinski definition) is 5. The fourth-order valence-corrected chi connectivity index (χ4v) is 5.90. The zero-order valence-electron chi connectivity index (χ0n) is 19.7. The Morgan fingerprint density at radius 1 is 1.09 bits per heavy atom. The molecule has 0 radical (unpaired) electrons. The Hall–Kier alpha value is -2.13. The summed E-state index contributed by atoms with van der Waals surface area (Å²) in [6.45, 7) is 5.01. The number of carboxylic acid groups (broad SMARTS) is 1. The van der Waals surface area contributed by atoms with Gasteiger partial charge in [-0.3, -0.25) is 9.59 Å². The Kier molecular flexibility index (Phi) is 8.86. The van der Waals surface area contributed by atoms with Crippen molar-refractivity contribution in [3.05, 3.63) is 69.7 Å². The first-order chi connectivity index (χ1) is 16.4. The quantitative estimate of drug-likeness (QED) is 0.475. The van der Waals surface area contributed by atoms with Crippen LogP contribution >= 0.6 is 23.2 Å². The van der Waals surface area contributed by atoms with Gasteiger partial charge in [0.1, 0.15) is 12.2 Å². The van der Waals surface area contributed by atoms with Crippen molar-refractivity contribution in [2.24, 2.45) is 0 Å². The van der Waals surface area contributed by atoms with Crippen LogP contribution in [0.15, 0.2) is 48.5 Å². The number of carbonyl (C=O) groups is 2. The molecular formula is C25H29Cl2NO6S. The molecule has 1 fully saturated rings. The molecule has 1 aliphatic rings. The number of benzene rings is 2. The Bertz CT molecular complexity index is 1170. The van der Waals surface area contributed by atoms with E-state index in [1.54, 1.807) is 62.4 Å². The van der Waals surface area contributed by atoms with E-state index in [4.69, 9.17) is 27.9 Å². The minimum atomic E-state index is -3.52. The van der Waals surface area contributed by atoms with E-state index in [1.165, 1.54) is 4.90 Å². The molecule has 1 aliphatic heterocycles. The molecule has 0 aromatic heterocycles. The third-order valence-electron chi connectivity index (χ3n) is 6.18. The maximum Gasteiger partial charge on any atom is 0.306 e. The predicted octanol–water partition coefficient (Wildman–Crippen LogP) is 5.08. The van der Waals surface area contributed by atoms with Gasteiger partial charge in [-0.1, -0.05) is 54.4 Å². The molecule has 0 aliphatic carbocycles. The summed E-state index contributed by atoms with van der Waals surface area (Å²) in [5.41, 5.74) is 1.33. The van der Waals surface area contributed by atoms with Crippen LogP contribution < -0.4 is 0 Å². The second kappa shape index (κ2) is 11.3. The third kappa shape index (κ3) is 6.36. The van der Waals surface area contributed by atoms with Crippen molar-refractivity contribution in [1.82, 2.24) is 4.90 Å². The first-order valence-corrected chi connectivity index (χ1v) is 13.8. The van der Waals surface area contributed by atoms with Gasteiger partial charge in [-0.05, 0) is 55.7 Å². The molecule has 10 heteroatoms. The number of nitrogens with zero attached hydrogens (tertiary/aromatic N) is 1. The molecule has 1 heterocycles. The SMILES string of the molecule is CCC(CS(=O)(=O)C(C)C)N1C(=O)[C@H](CC(=O)O)OC(c2cccc(Cl)c2)C1c1ccc(Cl)cc1. The van der Waals surface area contributed by atoms with Crippen molar-refractivity contribution >= 4 is 44.9 Å². The van der Waals surface area contributed by atoms with Crippen LogP contribution in [0.5, 0.6) is 0 Å². The Labute approximate surface area is 215 Å². The van der Waals surface area contributed by atoms with E-state index in [-0.39, 0.29) is 5.75 Å². The number of halogens is 2. The van der Waals surface area contributed by atoms with Gasteiger partial charge in [-0.25, -0.2) is 8.42 Å². The van der Waals surface area contributed by atoms with E-state index >= 15 is 0 Å². The van der Waals surface area contributed by atoms with E-state index in [2.05, 4.69) is 0 Å². The number of rotatable bonds is 9. The lowest BCUT2D eigenvalue weighted by Crippen LogP contribution is -2.56. The molecule has 3 unspecified atom stereocenters. The van der Waals surface area contributed by atoms with Gasteiger partial charge in [-0.15, -0.1) is 0 Å². The predicted molar refractivity (Wildman–Crippen MR) is 135 cm³/mol. The summed E-state index contributed by atoms with van der Waals surface area (Å²) in [5.74, 6) is -2.00. The second-order valence-electron chi connectivity index (χ2n) is 8.88. The largest absolute Gasteiger partial charge is 0.481 e. The molecule has 2 aromatic carbocycles. The average molecular weight is 542 g/mol. The van der Waals surface area contributed by atoms with E-state index in [0.29, 0.717) is 27.6 Å².